The second-order valence-electron chi connectivity index (χ2n) is 6.75. The number of amides is 1. The Labute approximate surface area is 120 Å². The van der Waals surface area contributed by atoms with Crippen LogP contribution in [0.1, 0.15) is 37.0 Å². The number of likely N-dealkylation sites (tertiary alicyclic amines) is 1. The van der Waals surface area contributed by atoms with Crippen molar-refractivity contribution in [2.75, 3.05) is 19.6 Å². The van der Waals surface area contributed by atoms with Crippen LogP contribution in [0, 0.1) is 17.3 Å². The van der Waals surface area contributed by atoms with E-state index in [1.807, 2.05) is 11.0 Å². The molecule has 0 bridgehead atoms. The molecule has 1 aromatic heterocycles. The third-order valence-corrected chi connectivity index (χ3v) is 5.41. The van der Waals surface area contributed by atoms with E-state index in [1.54, 1.807) is 0 Å². The highest BCUT2D eigenvalue weighted by molar-refractivity contribution is 5.93. The highest BCUT2D eigenvalue weighted by atomic mass is 16.2. The number of aryl methyl sites for hydroxylation is 1. The number of aromatic nitrogens is 1. The number of carbonyl (C=O) groups is 1. The minimum Gasteiger partial charge on any atom is -0.339 e. The second kappa shape index (κ2) is 4.62. The Hall–Kier alpha value is -1.29. The SMILES string of the molecule is CCc1ccc(C(=O)N2CC3C(C2)C3(C)C)n1CCN. The maximum absolute atomic E-state index is 12.7. The summed E-state index contributed by atoms with van der Waals surface area (Å²) in [5, 5.41) is 0. The average Bonchev–Trinajstić information content (AvgIpc) is 2.87. The molecule has 4 heteroatoms. The number of nitrogens with zero attached hydrogens (tertiary/aromatic N) is 2. The molecule has 1 aromatic rings. The molecule has 0 aromatic carbocycles. The van der Waals surface area contributed by atoms with Gasteiger partial charge >= 0.3 is 0 Å². The van der Waals surface area contributed by atoms with Crippen molar-refractivity contribution >= 4 is 5.91 Å². The normalized spacial score (nSPS) is 26.7. The van der Waals surface area contributed by atoms with Crippen LogP contribution in [0.5, 0.6) is 0 Å². The molecule has 1 aliphatic carbocycles. The fraction of sp³-hybridized carbons (Fsp3) is 0.688. The number of hydrogen-bond donors (Lipinski definition) is 1. The van der Waals surface area contributed by atoms with Crippen LogP contribution in [-0.4, -0.2) is 35.0 Å². The van der Waals surface area contributed by atoms with E-state index in [-0.39, 0.29) is 5.91 Å². The van der Waals surface area contributed by atoms with Gasteiger partial charge in [-0.15, -0.1) is 0 Å². The van der Waals surface area contributed by atoms with E-state index >= 15 is 0 Å². The molecule has 2 fully saturated rings. The van der Waals surface area contributed by atoms with Crippen molar-refractivity contribution in [3.8, 4) is 0 Å². The molecule has 1 saturated carbocycles. The average molecular weight is 275 g/mol. The predicted octanol–water partition coefficient (Wildman–Crippen LogP) is 1.74. The minimum absolute atomic E-state index is 0.182. The molecule has 1 amide bonds. The molecule has 1 aliphatic heterocycles. The van der Waals surface area contributed by atoms with Crippen LogP contribution in [0.2, 0.25) is 0 Å². The monoisotopic (exact) mass is 275 g/mol. The Morgan fingerprint density at radius 3 is 2.55 bits per heavy atom. The van der Waals surface area contributed by atoms with Crippen LogP contribution in [0.4, 0.5) is 0 Å². The summed E-state index contributed by atoms with van der Waals surface area (Å²) < 4.78 is 2.09. The van der Waals surface area contributed by atoms with Crippen LogP contribution in [0.3, 0.4) is 0 Å². The van der Waals surface area contributed by atoms with Gasteiger partial charge in [-0.2, -0.15) is 0 Å². The second-order valence-corrected chi connectivity index (χ2v) is 6.75. The van der Waals surface area contributed by atoms with Gasteiger partial charge in [-0.3, -0.25) is 4.79 Å². The van der Waals surface area contributed by atoms with E-state index in [0.29, 0.717) is 23.8 Å². The lowest BCUT2D eigenvalue weighted by molar-refractivity contribution is 0.0747. The lowest BCUT2D eigenvalue weighted by atomic mass is 10.1. The number of nitrogens with two attached hydrogens (primary N) is 1. The van der Waals surface area contributed by atoms with E-state index in [9.17, 15) is 4.79 Å². The number of fused-ring (bicyclic) bond motifs is 1. The third kappa shape index (κ3) is 1.89. The minimum atomic E-state index is 0.182. The standard InChI is InChI=1S/C16H25N3O/c1-4-11-5-6-14(19(11)8-7-17)15(20)18-9-12-13(10-18)16(12,2)3/h5-6,12-13H,4,7-10,17H2,1-3H3. The van der Waals surface area contributed by atoms with Gasteiger partial charge in [0.25, 0.3) is 5.91 Å². The van der Waals surface area contributed by atoms with Gasteiger partial charge in [-0.1, -0.05) is 20.8 Å². The quantitative estimate of drug-likeness (QED) is 0.910. The molecule has 2 atom stereocenters. The van der Waals surface area contributed by atoms with Crippen LogP contribution >= 0.6 is 0 Å². The molecule has 2 heterocycles. The number of hydrogen-bond acceptors (Lipinski definition) is 2. The predicted molar refractivity (Wildman–Crippen MR) is 79.5 cm³/mol. The summed E-state index contributed by atoms with van der Waals surface area (Å²) in [5.41, 5.74) is 8.14. The first-order chi connectivity index (χ1) is 9.50. The summed E-state index contributed by atoms with van der Waals surface area (Å²) in [6.07, 6.45) is 0.936. The van der Waals surface area contributed by atoms with Gasteiger partial charge in [0.2, 0.25) is 0 Å². The van der Waals surface area contributed by atoms with Crippen molar-refractivity contribution in [2.45, 2.75) is 33.7 Å². The van der Waals surface area contributed by atoms with Gasteiger partial charge in [0.1, 0.15) is 5.69 Å². The summed E-state index contributed by atoms with van der Waals surface area (Å²) in [6, 6.07) is 4.02. The van der Waals surface area contributed by atoms with Crippen molar-refractivity contribution in [3.05, 3.63) is 23.5 Å². The topological polar surface area (TPSA) is 51.3 Å². The van der Waals surface area contributed by atoms with Gasteiger partial charge in [-0.25, -0.2) is 0 Å². The first-order valence-corrected chi connectivity index (χ1v) is 7.68. The Kier molecular flexibility index (Phi) is 3.16. The summed E-state index contributed by atoms with van der Waals surface area (Å²) in [6.45, 7) is 9.89. The van der Waals surface area contributed by atoms with Crippen molar-refractivity contribution in [2.24, 2.45) is 23.0 Å². The number of piperidine rings is 1. The van der Waals surface area contributed by atoms with E-state index in [0.717, 1.165) is 31.7 Å². The molecule has 2 N–H and O–H groups in total. The van der Waals surface area contributed by atoms with Gasteiger partial charge in [-0.05, 0) is 35.8 Å². The smallest absolute Gasteiger partial charge is 0.270 e. The van der Waals surface area contributed by atoms with Gasteiger partial charge in [0.15, 0.2) is 0 Å². The molecular formula is C16H25N3O. The summed E-state index contributed by atoms with van der Waals surface area (Å²) in [7, 11) is 0. The molecule has 20 heavy (non-hydrogen) atoms. The molecule has 2 unspecified atom stereocenters. The third-order valence-electron chi connectivity index (χ3n) is 5.41. The van der Waals surface area contributed by atoms with Crippen LogP contribution in [0.25, 0.3) is 0 Å². The van der Waals surface area contributed by atoms with Crippen LogP contribution in [-0.2, 0) is 13.0 Å². The molecule has 3 rings (SSSR count). The number of rotatable bonds is 4. The highest BCUT2D eigenvalue weighted by Crippen LogP contribution is 2.62. The van der Waals surface area contributed by atoms with E-state index < -0.39 is 0 Å². The Bertz CT molecular complexity index is 518. The number of carbonyl (C=O) groups excluding carboxylic acids is 1. The molecule has 4 nitrogen and oxygen atoms in total. The van der Waals surface area contributed by atoms with Gasteiger partial charge < -0.3 is 15.2 Å². The molecular weight excluding hydrogens is 250 g/mol. The molecule has 110 valence electrons. The Morgan fingerprint density at radius 2 is 2.00 bits per heavy atom. The van der Waals surface area contributed by atoms with Crippen molar-refractivity contribution in [1.29, 1.82) is 0 Å². The van der Waals surface area contributed by atoms with Crippen molar-refractivity contribution < 1.29 is 4.79 Å². The van der Waals surface area contributed by atoms with Crippen molar-refractivity contribution in [1.82, 2.24) is 9.47 Å². The van der Waals surface area contributed by atoms with E-state index in [4.69, 9.17) is 5.73 Å². The van der Waals surface area contributed by atoms with Crippen LogP contribution < -0.4 is 5.73 Å². The van der Waals surface area contributed by atoms with Gasteiger partial charge in [0, 0.05) is 31.9 Å². The van der Waals surface area contributed by atoms with E-state index in [2.05, 4.69) is 31.4 Å². The molecule has 0 spiro atoms. The fourth-order valence-electron chi connectivity index (χ4n) is 3.86. The zero-order valence-corrected chi connectivity index (χ0v) is 12.7. The molecule has 2 aliphatic rings. The maximum Gasteiger partial charge on any atom is 0.270 e. The zero-order chi connectivity index (χ0) is 14.5. The highest BCUT2D eigenvalue weighted by Gasteiger charge is 2.62. The summed E-state index contributed by atoms with van der Waals surface area (Å²) in [4.78, 5) is 14.7. The molecule has 0 radical (unpaired) electrons. The Morgan fingerprint density at radius 1 is 1.35 bits per heavy atom. The zero-order valence-electron chi connectivity index (χ0n) is 12.7. The van der Waals surface area contributed by atoms with Gasteiger partial charge in [0.05, 0.1) is 0 Å². The fourth-order valence-corrected chi connectivity index (χ4v) is 3.86. The maximum atomic E-state index is 12.7. The largest absolute Gasteiger partial charge is 0.339 e. The lowest BCUT2D eigenvalue weighted by Gasteiger charge is -2.23. The van der Waals surface area contributed by atoms with E-state index in [1.165, 1.54) is 5.69 Å². The van der Waals surface area contributed by atoms with Crippen LogP contribution in [0.15, 0.2) is 12.1 Å². The van der Waals surface area contributed by atoms with Crippen molar-refractivity contribution in [3.63, 3.8) is 0 Å². The summed E-state index contributed by atoms with van der Waals surface area (Å²) in [5.74, 6) is 1.59. The first kappa shape index (κ1) is 13.7. The summed E-state index contributed by atoms with van der Waals surface area (Å²) >= 11 is 0. The lowest BCUT2D eigenvalue weighted by Crippen LogP contribution is -2.34. The Balaban J connectivity index is 1.77. The molecule has 1 saturated heterocycles. The first-order valence-electron chi connectivity index (χ1n) is 7.68.